The number of benzene rings is 1. The second-order valence-corrected chi connectivity index (χ2v) is 6.94. The number of carbonyl (C=O) groups is 2. The van der Waals surface area contributed by atoms with Gasteiger partial charge in [0.05, 0.1) is 12.8 Å². The zero-order valence-electron chi connectivity index (χ0n) is 11.6. The number of imide groups is 1. The second-order valence-electron chi connectivity index (χ2n) is 4.48. The van der Waals surface area contributed by atoms with Crippen LogP contribution in [-0.4, -0.2) is 34.4 Å². The summed E-state index contributed by atoms with van der Waals surface area (Å²) in [5, 5.41) is 7.41. The van der Waals surface area contributed by atoms with E-state index >= 15 is 0 Å². The van der Waals surface area contributed by atoms with Gasteiger partial charge in [0.25, 0.3) is 0 Å². The van der Waals surface area contributed by atoms with Crippen molar-refractivity contribution in [2.45, 2.75) is 16.0 Å². The summed E-state index contributed by atoms with van der Waals surface area (Å²) in [6.07, 6.45) is 0.134. The zero-order valence-corrected chi connectivity index (χ0v) is 13.2. The third kappa shape index (κ3) is 2.77. The normalized spacial score (nSPS) is 18.0. The number of hydrogen-bond acceptors (Lipinski definition) is 8. The van der Waals surface area contributed by atoms with Crippen LogP contribution in [-0.2, 0) is 9.59 Å². The van der Waals surface area contributed by atoms with Gasteiger partial charge in [-0.15, -0.1) is 10.2 Å². The van der Waals surface area contributed by atoms with Gasteiger partial charge < -0.3 is 10.5 Å². The van der Waals surface area contributed by atoms with E-state index < -0.39 is 5.25 Å². The number of carbonyl (C=O) groups excluding carboxylic acids is 2. The van der Waals surface area contributed by atoms with Gasteiger partial charge in [-0.05, 0) is 24.3 Å². The van der Waals surface area contributed by atoms with E-state index in [1.54, 1.807) is 31.4 Å². The molecule has 0 unspecified atom stereocenters. The third-order valence-corrected chi connectivity index (χ3v) is 5.12. The minimum Gasteiger partial charge on any atom is -0.497 e. The Labute approximate surface area is 134 Å². The molecule has 1 aromatic carbocycles. The lowest BCUT2D eigenvalue weighted by molar-refractivity contribution is -0.121. The monoisotopic (exact) mass is 336 g/mol. The number of nitrogen functional groups attached to an aromatic ring is 1. The number of methoxy groups -OCH3 is 1. The van der Waals surface area contributed by atoms with E-state index in [4.69, 9.17) is 10.5 Å². The number of rotatable bonds is 4. The first-order chi connectivity index (χ1) is 10.6. The number of thioether (sulfide) groups is 1. The van der Waals surface area contributed by atoms with E-state index in [0.29, 0.717) is 20.9 Å². The van der Waals surface area contributed by atoms with E-state index in [2.05, 4.69) is 10.2 Å². The Morgan fingerprint density at radius 2 is 2.05 bits per heavy atom. The maximum absolute atomic E-state index is 12.5. The summed E-state index contributed by atoms with van der Waals surface area (Å²) >= 11 is 2.42. The van der Waals surface area contributed by atoms with Crippen molar-refractivity contribution in [1.29, 1.82) is 0 Å². The molecule has 1 fully saturated rings. The van der Waals surface area contributed by atoms with Gasteiger partial charge in [-0.1, -0.05) is 23.1 Å². The van der Waals surface area contributed by atoms with Gasteiger partial charge in [0, 0.05) is 6.42 Å². The quantitative estimate of drug-likeness (QED) is 0.846. The van der Waals surface area contributed by atoms with Crippen molar-refractivity contribution in [3.05, 3.63) is 24.3 Å². The zero-order chi connectivity index (χ0) is 15.7. The molecule has 9 heteroatoms. The predicted octanol–water partition coefficient (Wildman–Crippen LogP) is 1.55. The van der Waals surface area contributed by atoms with Crippen molar-refractivity contribution >= 4 is 45.7 Å². The van der Waals surface area contributed by atoms with Gasteiger partial charge in [0.15, 0.2) is 4.34 Å². The minimum atomic E-state index is -0.498. The molecule has 2 heterocycles. The van der Waals surface area contributed by atoms with E-state index in [0.717, 1.165) is 0 Å². The number of nitrogens with zero attached hydrogens (tertiary/aromatic N) is 3. The van der Waals surface area contributed by atoms with Crippen LogP contribution in [0.4, 0.5) is 10.8 Å². The largest absolute Gasteiger partial charge is 0.497 e. The Bertz CT molecular complexity index is 716. The highest BCUT2D eigenvalue weighted by atomic mass is 32.2. The van der Waals surface area contributed by atoms with Crippen LogP contribution in [0.1, 0.15) is 6.42 Å². The predicted molar refractivity (Wildman–Crippen MR) is 84.1 cm³/mol. The van der Waals surface area contributed by atoms with Gasteiger partial charge in [0.2, 0.25) is 16.9 Å². The van der Waals surface area contributed by atoms with Crippen LogP contribution in [0.25, 0.3) is 0 Å². The SMILES string of the molecule is COc1ccc(N2C(=O)C[C@@H](Sc3nnc(N)s3)C2=O)cc1. The third-order valence-electron chi connectivity index (χ3n) is 3.10. The highest BCUT2D eigenvalue weighted by Gasteiger charge is 2.40. The average molecular weight is 336 g/mol. The molecule has 3 rings (SSSR count). The van der Waals surface area contributed by atoms with E-state index in [1.807, 2.05) is 0 Å². The Hall–Kier alpha value is -2.13. The average Bonchev–Trinajstić information content (AvgIpc) is 3.03. The lowest BCUT2D eigenvalue weighted by Crippen LogP contribution is -2.31. The first-order valence-electron chi connectivity index (χ1n) is 6.35. The molecule has 1 atom stereocenters. The fourth-order valence-electron chi connectivity index (χ4n) is 2.09. The van der Waals surface area contributed by atoms with Crippen LogP contribution < -0.4 is 15.4 Å². The van der Waals surface area contributed by atoms with Crippen LogP contribution in [0, 0.1) is 0 Å². The summed E-state index contributed by atoms with van der Waals surface area (Å²) in [6, 6.07) is 6.79. The molecule has 22 heavy (non-hydrogen) atoms. The first kappa shape index (κ1) is 14.8. The summed E-state index contributed by atoms with van der Waals surface area (Å²) in [4.78, 5) is 25.8. The molecule has 1 saturated heterocycles. The van der Waals surface area contributed by atoms with Crippen molar-refractivity contribution in [2.24, 2.45) is 0 Å². The van der Waals surface area contributed by atoms with Gasteiger partial charge in [-0.25, -0.2) is 4.90 Å². The molecule has 2 aromatic rings. The summed E-state index contributed by atoms with van der Waals surface area (Å²) in [5.41, 5.74) is 6.06. The smallest absolute Gasteiger partial charge is 0.247 e. The van der Waals surface area contributed by atoms with Crippen molar-refractivity contribution in [3.63, 3.8) is 0 Å². The summed E-state index contributed by atoms with van der Waals surface area (Å²) in [5.74, 6) is 0.178. The number of ether oxygens (including phenoxy) is 1. The highest BCUT2D eigenvalue weighted by molar-refractivity contribution is 8.02. The molecule has 0 saturated carbocycles. The standard InChI is InChI=1S/C13H12N4O3S2/c1-20-8-4-2-7(3-5-8)17-10(18)6-9(11(17)19)21-13-16-15-12(14)22-13/h2-5,9H,6H2,1H3,(H2,14,15)/t9-/m1/s1. The molecule has 1 aliphatic rings. The van der Waals surface area contributed by atoms with Gasteiger partial charge in [0.1, 0.15) is 11.0 Å². The number of amides is 2. The maximum Gasteiger partial charge on any atom is 0.247 e. The lowest BCUT2D eigenvalue weighted by Gasteiger charge is -2.14. The molecular weight excluding hydrogens is 324 g/mol. The summed E-state index contributed by atoms with van der Waals surface area (Å²) in [7, 11) is 1.56. The Kier molecular flexibility index (Phi) is 3.99. The number of anilines is 2. The van der Waals surface area contributed by atoms with Crippen molar-refractivity contribution in [3.8, 4) is 5.75 Å². The van der Waals surface area contributed by atoms with E-state index in [1.165, 1.54) is 28.0 Å². The first-order valence-corrected chi connectivity index (χ1v) is 8.04. The van der Waals surface area contributed by atoms with E-state index in [9.17, 15) is 9.59 Å². The van der Waals surface area contributed by atoms with Crippen molar-refractivity contribution in [1.82, 2.24) is 10.2 Å². The molecule has 114 valence electrons. The Morgan fingerprint density at radius 1 is 1.32 bits per heavy atom. The van der Waals surface area contributed by atoms with Crippen LogP contribution in [0.2, 0.25) is 0 Å². The minimum absolute atomic E-state index is 0.134. The molecule has 0 spiro atoms. The molecular formula is C13H12N4O3S2. The van der Waals surface area contributed by atoms with Gasteiger partial charge in [-0.2, -0.15) is 0 Å². The Balaban J connectivity index is 1.78. The number of nitrogens with two attached hydrogens (primary N) is 1. The molecule has 2 amide bonds. The molecule has 0 radical (unpaired) electrons. The van der Waals surface area contributed by atoms with Crippen molar-refractivity contribution in [2.75, 3.05) is 17.7 Å². The number of aromatic nitrogens is 2. The fourth-order valence-corrected chi connectivity index (χ4v) is 3.99. The molecule has 2 N–H and O–H groups in total. The van der Waals surface area contributed by atoms with Crippen LogP contribution in [0.3, 0.4) is 0 Å². The molecule has 1 aliphatic heterocycles. The molecule has 0 aliphatic carbocycles. The molecule has 1 aromatic heterocycles. The lowest BCUT2D eigenvalue weighted by atomic mass is 10.3. The maximum atomic E-state index is 12.5. The number of hydrogen-bond donors (Lipinski definition) is 1. The van der Waals surface area contributed by atoms with Gasteiger partial charge >= 0.3 is 0 Å². The molecule has 0 bridgehead atoms. The van der Waals surface area contributed by atoms with E-state index in [-0.39, 0.29) is 18.2 Å². The summed E-state index contributed by atoms with van der Waals surface area (Å²) in [6.45, 7) is 0. The highest BCUT2D eigenvalue weighted by Crippen LogP contribution is 2.35. The van der Waals surface area contributed by atoms with Crippen LogP contribution >= 0.6 is 23.1 Å². The topological polar surface area (TPSA) is 98.4 Å². The fraction of sp³-hybridized carbons (Fsp3) is 0.231. The summed E-state index contributed by atoms with van der Waals surface area (Å²) < 4.78 is 5.65. The Morgan fingerprint density at radius 3 is 2.64 bits per heavy atom. The van der Waals surface area contributed by atoms with Crippen molar-refractivity contribution < 1.29 is 14.3 Å². The van der Waals surface area contributed by atoms with Crippen LogP contribution in [0.15, 0.2) is 28.6 Å². The van der Waals surface area contributed by atoms with Gasteiger partial charge in [-0.3, -0.25) is 9.59 Å². The van der Waals surface area contributed by atoms with Crippen LogP contribution in [0.5, 0.6) is 5.75 Å². The second kappa shape index (κ2) is 5.93. The molecule has 7 nitrogen and oxygen atoms in total.